The number of carbonyl (C=O) groups excluding carboxylic acids is 1. The van der Waals surface area contributed by atoms with E-state index in [4.69, 9.17) is 27.9 Å². The van der Waals surface area contributed by atoms with Crippen LogP contribution in [0.15, 0.2) is 30.5 Å². The van der Waals surface area contributed by atoms with Gasteiger partial charge in [-0.1, -0.05) is 23.2 Å². The minimum Gasteiger partial charge on any atom is -0.496 e. The predicted molar refractivity (Wildman–Crippen MR) is 79.9 cm³/mol. The largest absolute Gasteiger partial charge is 0.496 e. The van der Waals surface area contributed by atoms with Crippen LogP contribution in [0.2, 0.25) is 10.2 Å². The molecule has 20 heavy (non-hydrogen) atoms. The van der Waals surface area contributed by atoms with Crippen LogP contribution in [0.4, 0.5) is 5.69 Å². The number of anilines is 1. The highest BCUT2D eigenvalue weighted by atomic mass is 35.5. The first-order valence-electron chi connectivity index (χ1n) is 5.78. The Morgan fingerprint density at radius 3 is 2.70 bits per heavy atom. The Kier molecular flexibility index (Phi) is 4.47. The molecule has 1 aromatic carbocycles. The molecule has 104 valence electrons. The van der Waals surface area contributed by atoms with Crippen LogP contribution >= 0.6 is 23.2 Å². The van der Waals surface area contributed by atoms with Gasteiger partial charge < -0.3 is 10.1 Å². The summed E-state index contributed by atoms with van der Waals surface area (Å²) in [6.07, 6.45) is 1.35. The molecule has 0 aliphatic heterocycles. The highest BCUT2D eigenvalue weighted by Crippen LogP contribution is 2.23. The molecule has 1 heterocycles. The lowest BCUT2D eigenvalue weighted by Gasteiger charge is -2.09. The first-order chi connectivity index (χ1) is 9.51. The molecule has 1 aromatic heterocycles. The van der Waals surface area contributed by atoms with Crippen LogP contribution in [0.25, 0.3) is 0 Å². The first-order valence-corrected chi connectivity index (χ1v) is 6.54. The molecule has 0 fully saturated rings. The van der Waals surface area contributed by atoms with Crippen molar-refractivity contribution >= 4 is 34.8 Å². The minimum absolute atomic E-state index is 0.213. The Bertz CT molecular complexity index is 660. The van der Waals surface area contributed by atoms with Gasteiger partial charge in [-0.3, -0.25) is 4.79 Å². The molecule has 0 unspecified atom stereocenters. The number of benzene rings is 1. The zero-order valence-electron chi connectivity index (χ0n) is 10.9. The Balaban J connectivity index is 2.23. The standard InChI is InChI=1S/C14H12Cl2N2O2/c1-8-5-9(3-4-12(8)20-2)18-14(19)10-6-13(16)17-7-11(10)15/h3-7H,1-2H3,(H,18,19). The van der Waals surface area contributed by atoms with E-state index in [2.05, 4.69) is 10.3 Å². The Morgan fingerprint density at radius 1 is 1.30 bits per heavy atom. The molecular weight excluding hydrogens is 299 g/mol. The van der Waals surface area contributed by atoms with Gasteiger partial charge in [-0.05, 0) is 36.8 Å². The lowest BCUT2D eigenvalue weighted by Crippen LogP contribution is -2.13. The fraction of sp³-hybridized carbons (Fsp3) is 0.143. The summed E-state index contributed by atoms with van der Waals surface area (Å²) >= 11 is 11.7. The smallest absolute Gasteiger partial charge is 0.257 e. The molecule has 0 spiro atoms. The summed E-state index contributed by atoms with van der Waals surface area (Å²) in [4.78, 5) is 15.9. The monoisotopic (exact) mass is 310 g/mol. The third-order valence-electron chi connectivity index (χ3n) is 2.72. The molecule has 2 rings (SSSR count). The highest BCUT2D eigenvalue weighted by molar-refractivity contribution is 6.35. The van der Waals surface area contributed by atoms with Crippen LogP contribution in [0.1, 0.15) is 15.9 Å². The maximum Gasteiger partial charge on any atom is 0.257 e. The number of nitrogens with zero attached hydrogens (tertiary/aromatic N) is 1. The van der Waals surface area contributed by atoms with E-state index in [-0.39, 0.29) is 21.6 Å². The molecule has 6 heteroatoms. The minimum atomic E-state index is -0.344. The maximum absolute atomic E-state index is 12.1. The van der Waals surface area contributed by atoms with E-state index in [1.54, 1.807) is 19.2 Å². The fourth-order valence-electron chi connectivity index (χ4n) is 1.74. The quantitative estimate of drug-likeness (QED) is 0.873. The average molecular weight is 311 g/mol. The number of carbonyl (C=O) groups is 1. The molecule has 1 N–H and O–H groups in total. The van der Waals surface area contributed by atoms with Crippen LogP contribution in [0.3, 0.4) is 0 Å². The summed E-state index contributed by atoms with van der Waals surface area (Å²) in [6.45, 7) is 1.89. The van der Waals surface area contributed by atoms with E-state index in [1.807, 2.05) is 13.0 Å². The lowest BCUT2D eigenvalue weighted by molar-refractivity contribution is 0.102. The number of rotatable bonds is 3. The zero-order valence-corrected chi connectivity index (χ0v) is 12.4. The normalized spacial score (nSPS) is 10.2. The second-order valence-corrected chi connectivity index (χ2v) is 4.92. The number of amides is 1. The summed E-state index contributed by atoms with van der Waals surface area (Å²) < 4.78 is 5.16. The Morgan fingerprint density at radius 2 is 2.05 bits per heavy atom. The maximum atomic E-state index is 12.1. The van der Waals surface area contributed by atoms with Crippen molar-refractivity contribution in [3.8, 4) is 5.75 Å². The average Bonchev–Trinajstić information content (AvgIpc) is 2.41. The molecule has 0 atom stereocenters. The molecule has 1 amide bonds. The molecule has 0 bridgehead atoms. The SMILES string of the molecule is COc1ccc(NC(=O)c2cc(Cl)ncc2Cl)cc1C. The van der Waals surface area contributed by atoms with Gasteiger partial charge in [0.2, 0.25) is 0 Å². The van der Waals surface area contributed by atoms with E-state index in [9.17, 15) is 4.79 Å². The van der Waals surface area contributed by atoms with Gasteiger partial charge in [0.15, 0.2) is 0 Å². The summed E-state index contributed by atoms with van der Waals surface area (Å²) in [5, 5.41) is 3.21. The van der Waals surface area contributed by atoms with E-state index < -0.39 is 0 Å². The molecular formula is C14H12Cl2N2O2. The third kappa shape index (κ3) is 3.21. The fourth-order valence-corrected chi connectivity index (χ4v) is 2.09. The van der Waals surface area contributed by atoms with Gasteiger partial charge in [0.25, 0.3) is 5.91 Å². The molecule has 4 nitrogen and oxygen atoms in total. The van der Waals surface area contributed by atoms with E-state index in [1.165, 1.54) is 12.3 Å². The summed E-state index contributed by atoms with van der Waals surface area (Å²) in [6, 6.07) is 6.77. The zero-order chi connectivity index (χ0) is 14.7. The Hall–Kier alpha value is -1.78. The number of halogens is 2. The van der Waals surface area contributed by atoms with Crippen molar-refractivity contribution in [2.75, 3.05) is 12.4 Å². The number of methoxy groups -OCH3 is 1. The van der Waals surface area contributed by atoms with Gasteiger partial charge >= 0.3 is 0 Å². The van der Waals surface area contributed by atoms with Crippen molar-refractivity contribution in [3.05, 3.63) is 51.8 Å². The molecule has 0 aliphatic carbocycles. The highest BCUT2D eigenvalue weighted by Gasteiger charge is 2.12. The van der Waals surface area contributed by atoms with Crippen LogP contribution in [-0.4, -0.2) is 18.0 Å². The van der Waals surface area contributed by atoms with Crippen molar-refractivity contribution < 1.29 is 9.53 Å². The number of hydrogen-bond acceptors (Lipinski definition) is 3. The van der Waals surface area contributed by atoms with Crippen molar-refractivity contribution in [1.29, 1.82) is 0 Å². The van der Waals surface area contributed by atoms with E-state index in [0.717, 1.165) is 11.3 Å². The van der Waals surface area contributed by atoms with Gasteiger partial charge in [0, 0.05) is 11.9 Å². The van der Waals surface area contributed by atoms with Crippen LogP contribution in [-0.2, 0) is 0 Å². The molecule has 2 aromatic rings. The summed E-state index contributed by atoms with van der Waals surface area (Å²) in [5.74, 6) is 0.414. The van der Waals surface area contributed by atoms with Crippen molar-refractivity contribution in [3.63, 3.8) is 0 Å². The van der Waals surface area contributed by atoms with Crippen LogP contribution in [0.5, 0.6) is 5.75 Å². The molecule has 0 aliphatic rings. The number of aromatic nitrogens is 1. The van der Waals surface area contributed by atoms with Crippen LogP contribution < -0.4 is 10.1 Å². The van der Waals surface area contributed by atoms with Crippen molar-refractivity contribution in [2.45, 2.75) is 6.92 Å². The van der Waals surface area contributed by atoms with E-state index in [0.29, 0.717) is 5.69 Å². The van der Waals surface area contributed by atoms with Crippen molar-refractivity contribution in [2.24, 2.45) is 0 Å². The van der Waals surface area contributed by atoms with Crippen LogP contribution in [0, 0.1) is 6.92 Å². The van der Waals surface area contributed by atoms with E-state index >= 15 is 0 Å². The summed E-state index contributed by atoms with van der Waals surface area (Å²) in [5.41, 5.74) is 1.85. The summed E-state index contributed by atoms with van der Waals surface area (Å²) in [7, 11) is 1.60. The first kappa shape index (κ1) is 14.6. The van der Waals surface area contributed by atoms with Gasteiger partial charge in [-0.2, -0.15) is 0 Å². The molecule has 0 saturated heterocycles. The second-order valence-electron chi connectivity index (χ2n) is 4.13. The lowest BCUT2D eigenvalue weighted by atomic mass is 10.2. The topological polar surface area (TPSA) is 51.2 Å². The van der Waals surface area contributed by atoms with Gasteiger partial charge in [-0.25, -0.2) is 4.98 Å². The number of pyridine rings is 1. The molecule has 0 saturated carbocycles. The van der Waals surface area contributed by atoms with Gasteiger partial charge in [0.05, 0.1) is 17.7 Å². The Labute approximate surface area is 126 Å². The van der Waals surface area contributed by atoms with Gasteiger partial charge in [0.1, 0.15) is 10.9 Å². The van der Waals surface area contributed by atoms with Gasteiger partial charge in [-0.15, -0.1) is 0 Å². The third-order valence-corrected chi connectivity index (χ3v) is 3.23. The number of ether oxygens (including phenoxy) is 1. The predicted octanol–water partition coefficient (Wildman–Crippen LogP) is 3.96. The number of aryl methyl sites for hydroxylation is 1. The van der Waals surface area contributed by atoms with Crippen molar-refractivity contribution in [1.82, 2.24) is 4.98 Å². The second kappa shape index (κ2) is 6.11. The number of nitrogens with one attached hydrogen (secondary N) is 1. The number of hydrogen-bond donors (Lipinski definition) is 1. The molecule has 0 radical (unpaired) electrons.